The van der Waals surface area contributed by atoms with Crippen LogP contribution in [-0.2, 0) is 6.42 Å². The van der Waals surface area contributed by atoms with Crippen molar-refractivity contribution in [3.63, 3.8) is 0 Å². The van der Waals surface area contributed by atoms with Crippen LogP contribution in [0.5, 0.6) is 0 Å². The third-order valence-corrected chi connectivity index (χ3v) is 6.72. The van der Waals surface area contributed by atoms with Gasteiger partial charge in [0.05, 0.1) is 0 Å². The van der Waals surface area contributed by atoms with Crippen molar-refractivity contribution in [2.45, 2.75) is 26.2 Å². The van der Waals surface area contributed by atoms with Gasteiger partial charge in [-0.15, -0.1) is 0 Å². The molecule has 0 aromatic heterocycles. The van der Waals surface area contributed by atoms with E-state index in [9.17, 15) is 9.59 Å². The zero-order chi connectivity index (χ0) is 25.3. The van der Waals surface area contributed by atoms with Crippen molar-refractivity contribution in [3.05, 3.63) is 94.5 Å². The summed E-state index contributed by atoms with van der Waals surface area (Å²) in [5.41, 5.74) is 4.09. The van der Waals surface area contributed by atoms with E-state index < -0.39 is 0 Å². The number of urea groups is 1. The van der Waals surface area contributed by atoms with E-state index in [1.807, 2.05) is 37.3 Å². The predicted octanol–water partition coefficient (Wildman–Crippen LogP) is 5.76. The highest BCUT2D eigenvalue weighted by Crippen LogP contribution is 2.23. The van der Waals surface area contributed by atoms with Gasteiger partial charge in [-0.2, -0.15) is 0 Å². The lowest BCUT2D eigenvalue weighted by Crippen LogP contribution is -2.44. The number of aryl methyl sites for hydroxylation is 1. The van der Waals surface area contributed by atoms with Gasteiger partial charge >= 0.3 is 6.03 Å². The van der Waals surface area contributed by atoms with Crippen LogP contribution < -0.4 is 15.5 Å². The van der Waals surface area contributed by atoms with Crippen LogP contribution in [-0.4, -0.2) is 49.6 Å². The minimum atomic E-state index is -0.206. The van der Waals surface area contributed by atoms with Gasteiger partial charge in [0.15, 0.2) is 0 Å². The number of hydrogen-bond acceptors (Lipinski definition) is 3. The van der Waals surface area contributed by atoms with E-state index in [4.69, 9.17) is 11.6 Å². The van der Waals surface area contributed by atoms with Crippen molar-refractivity contribution in [1.29, 1.82) is 0 Å². The molecule has 3 aromatic rings. The zero-order valence-electron chi connectivity index (χ0n) is 20.7. The number of carbonyl (C=O) groups is 2. The van der Waals surface area contributed by atoms with Gasteiger partial charge in [0.1, 0.15) is 0 Å². The Kier molecular flexibility index (Phi) is 8.98. The molecule has 1 saturated heterocycles. The molecule has 1 aliphatic rings. The van der Waals surface area contributed by atoms with E-state index in [0.29, 0.717) is 29.4 Å². The molecule has 0 unspecified atom stereocenters. The summed E-state index contributed by atoms with van der Waals surface area (Å²) < 4.78 is 0. The maximum atomic E-state index is 13.3. The standard InChI is InChI=1S/C29H33ClN4O2/c1-22-21-24(28(35)32-26-12-10-25(30)11-13-26)9-14-27(22)34(20-19-33-17-5-6-18-33)29(36)31-16-15-23-7-3-2-4-8-23/h2-4,7-14,21H,5-6,15-20H2,1H3,(H,31,36)(H,32,35). The summed E-state index contributed by atoms with van der Waals surface area (Å²) in [4.78, 5) is 30.3. The van der Waals surface area contributed by atoms with Crippen LogP contribution >= 0.6 is 11.6 Å². The Balaban J connectivity index is 1.45. The van der Waals surface area contributed by atoms with E-state index >= 15 is 0 Å². The predicted molar refractivity (Wildman–Crippen MR) is 147 cm³/mol. The molecule has 3 aromatic carbocycles. The molecular formula is C29H33ClN4O2. The largest absolute Gasteiger partial charge is 0.337 e. The topological polar surface area (TPSA) is 64.7 Å². The van der Waals surface area contributed by atoms with Gasteiger partial charge in [0, 0.05) is 41.6 Å². The molecule has 4 rings (SSSR count). The molecule has 1 fully saturated rings. The van der Waals surface area contributed by atoms with Crippen LogP contribution in [0.2, 0.25) is 5.02 Å². The maximum absolute atomic E-state index is 13.3. The summed E-state index contributed by atoms with van der Waals surface area (Å²) in [6.07, 6.45) is 3.19. The first-order valence-electron chi connectivity index (χ1n) is 12.5. The number of rotatable bonds is 9. The van der Waals surface area contributed by atoms with Crippen molar-refractivity contribution < 1.29 is 9.59 Å². The number of benzene rings is 3. The molecular weight excluding hydrogens is 472 g/mol. The van der Waals surface area contributed by atoms with Gasteiger partial charge in [-0.25, -0.2) is 4.79 Å². The monoisotopic (exact) mass is 504 g/mol. The van der Waals surface area contributed by atoms with Gasteiger partial charge in [0.25, 0.3) is 5.91 Å². The van der Waals surface area contributed by atoms with Crippen molar-refractivity contribution in [2.75, 3.05) is 42.9 Å². The first kappa shape index (κ1) is 25.7. The molecule has 0 saturated carbocycles. The molecule has 188 valence electrons. The molecule has 1 aliphatic heterocycles. The van der Waals surface area contributed by atoms with Crippen molar-refractivity contribution in [3.8, 4) is 0 Å². The van der Waals surface area contributed by atoms with Gasteiger partial charge in [-0.1, -0.05) is 41.9 Å². The highest BCUT2D eigenvalue weighted by molar-refractivity contribution is 6.30. The Morgan fingerprint density at radius 3 is 2.39 bits per heavy atom. The molecule has 3 amide bonds. The quantitative estimate of drug-likeness (QED) is 0.389. The Hall–Kier alpha value is -3.35. The first-order chi connectivity index (χ1) is 17.5. The summed E-state index contributed by atoms with van der Waals surface area (Å²) in [6, 6.07) is 22.5. The molecule has 6 nitrogen and oxygen atoms in total. The third kappa shape index (κ3) is 7.09. The number of halogens is 1. The number of nitrogens with zero attached hydrogens (tertiary/aromatic N) is 2. The van der Waals surface area contributed by atoms with E-state index in [1.165, 1.54) is 18.4 Å². The Morgan fingerprint density at radius 2 is 1.69 bits per heavy atom. The molecule has 7 heteroatoms. The van der Waals surface area contributed by atoms with Crippen LogP contribution in [0.25, 0.3) is 0 Å². The molecule has 0 radical (unpaired) electrons. The lowest BCUT2D eigenvalue weighted by Gasteiger charge is -2.27. The van der Waals surface area contributed by atoms with Crippen molar-refractivity contribution in [1.82, 2.24) is 10.2 Å². The number of carbonyl (C=O) groups excluding carboxylic acids is 2. The minimum Gasteiger partial charge on any atom is -0.337 e. The van der Waals surface area contributed by atoms with Gasteiger partial charge < -0.3 is 15.5 Å². The summed E-state index contributed by atoms with van der Waals surface area (Å²) in [5.74, 6) is -0.206. The molecule has 0 bridgehead atoms. The van der Waals surface area contributed by atoms with Crippen LogP contribution in [0, 0.1) is 6.92 Å². The van der Waals surface area contributed by atoms with Crippen LogP contribution in [0.3, 0.4) is 0 Å². The summed E-state index contributed by atoms with van der Waals surface area (Å²) in [5, 5.41) is 6.59. The fraction of sp³-hybridized carbons (Fsp3) is 0.310. The van der Waals surface area contributed by atoms with Gasteiger partial charge in [-0.3, -0.25) is 9.69 Å². The van der Waals surface area contributed by atoms with Crippen LogP contribution in [0.4, 0.5) is 16.2 Å². The maximum Gasteiger partial charge on any atom is 0.321 e. The second kappa shape index (κ2) is 12.6. The summed E-state index contributed by atoms with van der Waals surface area (Å²) in [7, 11) is 0. The third-order valence-electron chi connectivity index (χ3n) is 6.47. The summed E-state index contributed by atoms with van der Waals surface area (Å²) >= 11 is 5.94. The lowest BCUT2D eigenvalue weighted by molar-refractivity contribution is 0.102. The molecule has 2 N–H and O–H groups in total. The van der Waals surface area contributed by atoms with Gasteiger partial charge in [-0.05, 0) is 92.9 Å². The molecule has 1 heterocycles. The average Bonchev–Trinajstić information content (AvgIpc) is 3.40. The Bertz CT molecular complexity index is 1160. The number of likely N-dealkylation sites (tertiary alicyclic amines) is 1. The second-order valence-corrected chi connectivity index (χ2v) is 9.57. The second-order valence-electron chi connectivity index (χ2n) is 9.13. The molecule has 0 atom stereocenters. The van der Waals surface area contributed by atoms with Gasteiger partial charge in [0.2, 0.25) is 0 Å². The number of anilines is 2. The SMILES string of the molecule is Cc1cc(C(=O)Nc2ccc(Cl)cc2)ccc1N(CCN1CCCC1)C(=O)NCCc1ccccc1. The number of amides is 3. The van der Waals surface area contributed by atoms with Crippen LogP contribution in [0.1, 0.15) is 34.3 Å². The zero-order valence-corrected chi connectivity index (χ0v) is 21.4. The lowest BCUT2D eigenvalue weighted by atomic mass is 10.1. The Labute approximate surface area is 218 Å². The molecule has 36 heavy (non-hydrogen) atoms. The highest BCUT2D eigenvalue weighted by Gasteiger charge is 2.21. The van der Waals surface area contributed by atoms with E-state index in [0.717, 1.165) is 37.3 Å². The molecule has 0 aliphatic carbocycles. The van der Waals surface area contributed by atoms with E-state index in [2.05, 4.69) is 27.7 Å². The first-order valence-corrected chi connectivity index (χ1v) is 12.9. The molecule has 0 spiro atoms. The van der Waals surface area contributed by atoms with Crippen molar-refractivity contribution >= 4 is 34.9 Å². The number of hydrogen-bond donors (Lipinski definition) is 2. The van der Waals surface area contributed by atoms with E-state index in [-0.39, 0.29) is 11.9 Å². The fourth-order valence-electron chi connectivity index (χ4n) is 4.47. The number of nitrogens with one attached hydrogen (secondary N) is 2. The minimum absolute atomic E-state index is 0.119. The van der Waals surface area contributed by atoms with E-state index in [1.54, 1.807) is 35.2 Å². The smallest absolute Gasteiger partial charge is 0.321 e. The normalized spacial score (nSPS) is 13.4. The Morgan fingerprint density at radius 1 is 0.972 bits per heavy atom. The average molecular weight is 505 g/mol. The highest BCUT2D eigenvalue weighted by atomic mass is 35.5. The van der Waals surface area contributed by atoms with Crippen molar-refractivity contribution in [2.24, 2.45) is 0 Å². The van der Waals surface area contributed by atoms with Crippen LogP contribution in [0.15, 0.2) is 72.8 Å². The fourth-order valence-corrected chi connectivity index (χ4v) is 4.59. The summed E-state index contributed by atoms with van der Waals surface area (Å²) in [6.45, 7) is 6.06.